The van der Waals surface area contributed by atoms with Crippen molar-refractivity contribution in [1.82, 2.24) is 20.0 Å². The van der Waals surface area contributed by atoms with E-state index in [9.17, 15) is 9.59 Å². The summed E-state index contributed by atoms with van der Waals surface area (Å²) >= 11 is 0. The molecule has 1 fully saturated rings. The molecular formula is C13H20N4O2. The van der Waals surface area contributed by atoms with Gasteiger partial charge in [-0.1, -0.05) is 0 Å². The summed E-state index contributed by atoms with van der Waals surface area (Å²) in [4.78, 5) is 25.3. The third kappa shape index (κ3) is 2.94. The summed E-state index contributed by atoms with van der Waals surface area (Å²) in [6.07, 6.45) is 0.324. The van der Waals surface area contributed by atoms with Crippen molar-refractivity contribution in [2.24, 2.45) is 13.0 Å². The zero-order chi connectivity index (χ0) is 14.0. The molecule has 2 heterocycles. The van der Waals surface area contributed by atoms with Gasteiger partial charge >= 0.3 is 0 Å². The van der Waals surface area contributed by atoms with Crippen LogP contribution in [0.1, 0.15) is 24.7 Å². The Hall–Kier alpha value is -1.85. The molecule has 0 radical (unpaired) electrons. The van der Waals surface area contributed by atoms with Crippen LogP contribution < -0.4 is 5.32 Å². The summed E-state index contributed by atoms with van der Waals surface area (Å²) in [5.41, 5.74) is 1.89. The van der Waals surface area contributed by atoms with Crippen LogP contribution >= 0.6 is 0 Å². The maximum atomic E-state index is 12.0. The highest BCUT2D eigenvalue weighted by molar-refractivity contribution is 5.89. The fraction of sp³-hybridized carbons (Fsp3) is 0.615. The van der Waals surface area contributed by atoms with Gasteiger partial charge in [0.2, 0.25) is 11.8 Å². The number of aromatic nitrogens is 2. The molecule has 0 saturated carbocycles. The normalized spacial score (nSPS) is 19.0. The van der Waals surface area contributed by atoms with Crippen molar-refractivity contribution in [2.75, 3.05) is 13.1 Å². The van der Waals surface area contributed by atoms with E-state index in [0.29, 0.717) is 26.1 Å². The van der Waals surface area contributed by atoms with Crippen molar-refractivity contribution in [1.29, 1.82) is 0 Å². The smallest absolute Gasteiger partial charge is 0.225 e. The zero-order valence-electron chi connectivity index (χ0n) is 11.6. The third-order valence-corrected chi connectivity index (χ3v) is 3.51. The predicted octanol–water partition coefficient (Wildman–Crippen LogP) is 0.213. The summed E-state index contributed by atoms with van der Waals surface area (Å²) in [5.74, 6) is -0.205. The van der Waals surface area contributed by atoms with Gasteiger partial charge in [-0.15, -0.1) is 0 Å². The molecule has 104 valence electrons. The van der Waals surface area contributed by atoms with E-state index in [1.807, 2.05) is 27.0 Å². The Morgan fingerprint density at radius 3 is 2.84 bits per heavy atom. The van der Waals surface area contributed by atoms with Gasteiger partial charge in [0.15, 0.2) is 0 Å². The molecule has 2 amide bonds. The molecule has 1 saturated heterocycles. The number of aryl methyl sites for hydroxylation is 2. The van der Waals surface area contributed by atoms with Crippen molar-refractivity contribution in [3.8, 4) is 0 Å². The van der Waals surface area contributed by atoms with Crippen LogP contribution in [0, 0.1) is 12.8 Å². The van der Waals surface area contributed by atoms with Crippen LogP contribution in [0.2, 0.25) is 0 Å². The van der Waals surface area contributed by atoms with Gasteiger partial charge in [-0.25, -0.2) is 0 Å². The van der Waals surface area contributed by atoms with Crippen molar-refractivity contribution in [2.45, 2.75) is 26.8 Å². The standard InChI is InChI=1S/C13H20N4O2/c1-4-17-8-10(6-12(17)18)13(19)14-7-11-5-9(2)15-16(11)3/h5,10H,4,6-8H2,1-3H3,(H,14,19)/t10-/m1/s1. The Labute approximate surface area is 112 Å². The number of carbonyl (C=O) groups is 2. The Morgan fingerprint density at radius 2 is 2.32 bits per heavy atom. The molecule has 0 unspecified atom stereocenters. The number of hydrogen-bond acceptors (Lipinski definition) is 3. The topological polar surface area (TPSA) is 67.2 Å². The first-order valence-corrected chi connectivity index (χ1v) is 6.56. The van der Waals surface area contributed by atoms with E-state index in [2.05, 4.69) is 10.4 Å². The molecule has 1 atom stereocenters. The molecule has 0 aromatic carbocycles. The molecule has 1 aromatic rings. The fourth-order valence-corrected chi connectivity index (χ4v) is 2.41. The maximum Gasteiger partial charge on any atom is 0.225 e. The first-order chi connectivity index (χ1) is 9.01. The monoisotopic (exact) mass is 264 g/mol. The number of amides is 2. The molecule has 6 nitrogen and oxygen atoms in total. The number of carbonyl (C=O) groups excluding carboxylic acids is 2. The lowest BCUT2D eigenvalue weighted by Crippen LogP contribution is -2.33. The highest BCUT2D eigenvalue weighted by Crippen LogP contribution is 2.17. The van der Waals surface area contributed by atoms with Crippen LogP contribution in [-0.2, 0) is 23.2 Å². The Bertz CT molecular complexity index is 495. The maximum absolute atomic E-state index is 12.0. The minimum atomic E-state index is -0.221. The molecule has 0 spiro atoms. The molecule has 2 rings (SSSR count). The van der Waals surface area contributed by atoms with Crippen LogP contribution in [-0.4, -0.2) is 39.6 Å². The minimum absolute atomic E-state index is 0.0526. The highest BCUT2D eigenvalue weighted by Gasteiger charge is 2.33. The molecular weight excluding hydrogens is 244 g/mol. The molecule has 0 aliphatic carbocycles. The summed E-state index contributed by atoms with van der Waals surface area (Å²) in [7, 11) is 1.85. The second kappa shape index (κ2) is 5.42. The van der Waals surface area contributed by atoms with Crippen LogP contribution in [0.5, 0.6) is 0 Å². The summed E-state index contributed by atoms with van der Waals surface area (Å²) in [6.45, 7) is 5.50. The summed E-state index contributed by atoms with van der Waals surface area (Å²) < 4.78 is 1.76. The minimum Gasteiger partial charge on any atom is -0.350 e. The number of hydrogen-bond donors (Lipinski definition) is 1. The second-order valence-corrected chi connectivity index (χ2v) is 4.95. The number of likely N-dealkylation sites (tertiary alicyclic amines) is 1. The summed E-state index contributed by atoms with van der Waals surface area (Å²) in [5, 5.41) is 7.11. The van der Waals surface area contributed by atoms with Crippen molar-refractivity contribution >= 4 is 11.8 Å². The largest absolute Gasteiger partial charge is 0.350 e. The lowest BCUT2D eigenvalue weighted by Gasteiger charge is -2.13. The SMILES string of the molecule is CCN1C[C@H](C(=O)NCc2cc(C)nn2C)CC1=O. The van der Waals surface area contributed by atoms with Gasteiger partial charge in [-0.3, -0.25) is 14.3 Å². The van der Waals surface area contributed by atoms with E-state index in [1.54, 1.807) is 9.58 Å². The Kier molecular flexibility index (Phi) is 3.87. The molecule has 1 aromatic heterocycles. The average Bonchev–Trinajstić information content (AvgIpc) is 2.89. The number of rotatable bonds is 4. The first kappa shape index (κ1) is 13.6. The van der Waals surface area contributed by atoms with Crippen LogP contribution in [0.15, 0.2) is 6.07 Å². The average molecular weight is 264 g/mol. The Morgan fingerprint density at radius 1 is 1.58 bits per heavy atom. The van der Waals surface area contributed by atoms with Crippen molar-refractivity contribution in [3.05, 3.63) is 17.5 Å². The van der Waals surface area contributed by atoms with Gasteiger partial charge in [-0.2, -0.15) is 5.10 Å². The predicted molar refractivity (Wildman–Crippen MR) is 70.2 cm³/mol. The fourth-order valence-electron chi connectivity index (χ4n) is 2.41. The molecule has 19 heavy (non-hydrogen) atoms. The molecule has 1 N–H and O–H groups in total. The molecule has 1 aliphatic rings. The van der Waals surface area contributed by atoms with Gasteiger partial charge in [0, 0.05) is 26.6 Å². The van der Waals surface area contributed by atoms with E-state index in [4.69, 9.17) is 0 Å². The van der Waals surface area contributed by atoms with Crippen molar-refractivity contribution in [3.63, 3.8) is 0 Å². The zero-order valence-corrected chi connectivity index (χ0v) is 11.6. The Balaban J connectivity index is 1.89. The van der Waals surface area contributed by atoms with Crippen LogP contribution in [0.3, 0.4) is 0 Å². The number of nitrogens with zero attached hydrogens (tertiary/aromatic N) is 3. The van der Waals surface area contributed by atoms with E-state index in [0.717, 1.165) is 11.4 Å². The van der Waals surface area contributed by atoms with E-state index in [-0.39, 0.29) is 17.7 Å². The third-order valence-electron chi connectivity index (χ3n) is 3.51. The van der Waals surface area contributed by atoms with Gasteiger partial charge < -0.3 is 10.2 Å². The highest BCUT2D eigenvalue weighted by atomic mass is 16.2. The van der Waals surface area contributed by atoms with Crippen LogP contribution in [0.25, 0.3) is 0 Å². The molecule has 1 aliphatic heterocycles. The lowest BCUT2D eigenvalue weighted by atomic mass is 10.1. The first-order valence-electron chi connectivity index (χ1n) is 6.56. The van der Waals surface area contributed by atoms with Gasteiger partial charge in [0.25, 0.3) is 0 Å². The lowest BCUT2D eigenvalue weighted by molar-refractivity contribution is -0.128. The number of nitrogens with one attached hydrogen (secondary N) is 1. The molecule has 6 heteroatoms. The van der Waals surface area contributed by atoms with Crippen LogP contribution in [0.4, 0.5) is 0 Å². The van der Waals surface area contributed by atoms with E-state index in [1.165, 1.54) is 0 Å². The van der Waals surface area contributed by atoms with Crippen molar-refractivity contribution < 1.29 is 9.59 Å². The second-order valence-electron chi connectivity index (χ2n) is 4.95. The van der Waals surface area contributed by atoms with E-state index >= 15 is 0 Å². The van der Waals surface area contributed by atoms with Gasteiger partial charge in [0.05, 0.1) is 23.9 Å². The quantitative estimate of drug-likeness (QED) is 0.845. The summed E-state index contributed by atoms with van der Waals surface area (Å²) in [6, 6.07) is 1.94. The van der Waals surface area contributed by atoms with E-state index < -0.39 is 0 Å². The molecule has 0 bridgehead atoms. The van der Waals surface area contributed by atoms with Gasteiger partial charge in [0.1, 0.15) is 0 Å². The van der Waals surface area contributed by atoms with Gasteiger partial charge in [-0.05, 0) is 19.9 Å².